The van der Waals surface area contributed by atoms with E-state index < -0.39 is 5.97 Å². The van der Waals surface area contributed by atoms with E-state index in [1.807, 2.05) is 63.7 Å². The summed E-state index contributed by atoms with van der Waals surface area (Å²) in [6, 6.07) is 12.7. The molecule has 1 aliphatic rings. The molecule has 2 heterocycles. The highest BCUT2D eigenvalue weighted by molar-refractivity contribution is 6.34. The Hall–Kier alpha value is -4.53. The number of aromatic amines is 1. The first kappa shape index (κ1) is 31.5. The van der Waals surface area contributed by atoms with Gasteiger partial charge in [-0.3, -0.25) is 9.48 Å². The summed E-state index contributed by atoms with van der Waals surface area (Å²) in [7, 11) is 1.90. The Balaban J connectivity index is 1.35. The van der Waals surface area contributed by atoms with Gasteiger partial charge in [0.15, 0.2) is 0 Å². The molecule has 0 atom stereocenters. The number of hydrogen-bond donors (Lipinski definition) is 3. The number of rotatable bonds is 9. The summed E-state index contributed by atoms with van der Waals surface area (Å²) in [5.74, 6) is -0.606. The molecule has 0 aliphatic heterocycles. The van der Waals surface area contributed by atoms with E-state index in [4.69, 9.17) is 27.9 Å². The normalized spacial score (nSPS) is 12.6. The van der Waals surface area contributed by atoms with Crippen LogP contribution in [0.15, 0.2) is 54.2 Å². The Kier molecular flexibility index (Phi) is 8.44. The number of hydrogen-bond acceptors (Lipinski definition) is 4. The van der Waals surface area contributed by atoms with Crippen molar-refractivity contribution in [3.8, 4) is 16.9 Å². The summed E-state index contributed by atoms with van der Waals surface area (Å²) in [5.41, 5.74) is 10.2. The number of carboxylic acids is 1. The average Bonchev–Trinajstić information content (AvgIpc) is 3.69. The molecule has 0 saturated carbocycles. The number of nitrogens with zero attached hydrogens (tertiary/aromatic N) is 2. The Labute approximate surface area is 277 Å². The third kappa shape index (κ3) is 5.67. The number of aryl methyl sites for hydroxylation is 4. The largest absolute Gasteiger partial charge is 0.494 e. The maximum atomic E-state index is 14.1. The summed E-state index contributed by atoms with van der Waals surface area (Å²) in [4.78, 5) is 29.1. The molecule has 1 aliphatic carbocycles. The molecular formula is C36H34Cl2N4O4. The maximum Gasteiger partial charge on any atom is 0.336 e. The van der Waals surface area contributed by atoms with Gasteiger partial charge in [-0.05, 0) is 105 Å². The highest BCUT2D eigenvalue weighted by Gasteiger charge is 2.31. The predicted molar refractivity (Wildman–Crippen MR) is 183 cm³/mol. The molecule has 2 aromatic heterocycles. The Morgan fingerprint density at radius 3 is 2.46 bits per heavy atom. The van der Waals surface area contributed by atoms with E-state index in [1.165, 1.54) is 6.07 Å². The standard InChI is InChI=1S/C36H34Cl2N4O4/c1-18-13-23(14-19(2)34(18)38)46-12-6-7-24-25-8-9-30(37)33(32-20(3)41-42(5)21(32)4)27(25)17-28(24)35(43)40-22-15-29(36(44)45)26-10-11-39-31(26)16-22/h8-11,13-16,39H,6-7,12,17H2,1-5H3,(H,40,43)(H,44,45). The molecule has 0 fully saturated rings. The number of carbonyl (C=O) groups excluding carboxylic acids is 1. The van der Waals surface area contributed by atoms with Crippen molar-refractivity contribution in [2.75, 3.05) is 11.9 Å². The van der Waals surface area contributed by atoms with Crippen molar-refractivity contribution in [3.05, 3.63) is 103 Å². The first-order valence-corrected chi connectivity index (χ1v) is 15.8. The zero-order valence-electron chi connectivity index (χ0n) is 26.3. The van der Waals surface area contributed by atoms with Crippen molar-refractivity contribution < 1.29 is 19.4 Å². The lowest BCUT2D eigenvalue weighted by molar-refractivity contribution is -0.112. The molecule has 10 heteroatoms. The van der Waals surface area contributed by atoms with Crippen LogP contribution in [0.25, 0.3) is 27.6 Å². The van der Waals surface area contributed by atoms with Crippen molar-refractivity contribution in [1.82, 2.24) is 14.8 Å². The van der Waals surface area contributed by atoms with Crippen molar-refractivity contribution in [1.29, 1.82) is 0 Å². The van der Waals surface area contributed by atoms with E-state index in [9.17, 15) is 14.7 Å². The smallest absolute Gasteiger partial charge is 0.336 e. The Morgan fingerprint density at radius 2 is 1.78 bits per heavy atom. The second-order valence-electron chi connectivity index (χ2n) is 11.8. The van der Waals surface area contributed by atoms with Gasteiger partial charge < -0.3 is 20.1 Å². The van der Waals surface area contributed by atoms with E-state index in [1.54, 1.807) is 18.3 Å². The quantitative estimate of drug-likeness (QED) is 0.138. The van der Waals surface area contributed by atoms with Gasteiger partial charge in [0.1, 0.15) is 5.75 Å². The molecule has 0 unspecified atom stereocenters. The molecule has 0 spiro atoms. The summed E-state index contributed by atoms with van der Waals surface area (Å²) in [5, 5.41) is 19.3. The lowest BCUT2D eigenvalue weighted by Gasteiger charge is -2.14. The SMILES string of the molecule is Cc1cc(OCCCC2=C(C(=O)Nc3cc(C(=O)O)c4cc[nH]c4c3)Cc3c2ccc(Cl)c3-c2c(C)nn(C)c2C)cc(C)c1Cl. The van der Waals surface area contributed by atoms with Gasteiger partial charge >= 0.3 is 5.97 Å². The zero-order chi connectivity index (χ0) is 32.9. The first-order chi connectivity index (χ1) is 21.9. The molecule has 3 aromatic carbocycles. The minimum Gasteiger partial charge on any atom is -0.494 e. The molecule has 5 aromatic rings. The Bertz CT molecular complexity index is 2070. The molecule has 236 valence electrons. The van der Waals surface area contributed by atoms with Gasteiger partial charge in [-0.2, -0.15) is 5.10 Å². The van der Waals surface area contributed by atoms with Crippen LogP contribution in [0.4, 0.5) is 5.69 Å². The number of aromatic nitrogens is 3. The summed E-state index contributed by atoms with van der Waals surface area (Å²) in [6.07, 6.45) is 3.29. The number of nitrogens with one attached hydrogen (secondary N) is 2. The molecule has 0 bridgehead atoms. The van der Waals surface area contributed by atoms with Crippen molar-refractivity contribution >= 4 is 57.2 Å². The number of aromatic carboxylic acids is 1. The van der Waals surface area contributed by atoms with Gasteiger partial charge in [0.25, 0.3) is 5.91 Å². The predicted octanol–water partition coefficient (Wildman–Crippen LogP) is 8.61. The molecule has 6 rings (SSSR count). The van der Waals surface area contributed by atoms with Crippen molar-refractivity contribution in [3.63, 3.8) is 0 Å². The molecule has 0 saturated heterocycles. The zero-order valence-corrected chi connectivity index (χ0v) is 27.8. The van der Waals surface area contributed by atoms with Crippen LogP contribution in [0.3, 0.4) is 0 Å². The van der Waals surface area contributed by atoms with Gasteiger partial charge in [-0.15, -0.1) is 0 Å². The number of benzene rings is 3. The number of allylic oxidation sites excluding steroid dienone is 1. The van der Waals surface area contributed by atoms with Gasteiger partial charge in [0.05, 0.1) is 17.9 Å². The number of H-pyrrole nitrogens is 1. The number of anilines is 1. The third-order valence-electron chi connectivity index (χ3n) is 8.75. The number of amides is 1. The van der Waals surface area contributed by atoms with Crippen LogP contribution < -0.4 is 10.1 Å². The molecule has 8 nitrogen and oxygen atoms in total. The van der Waals surface area contributed by atoms with E-state index >= 15 is 0 Å². The summed E-state index contributed by atoms with van der Waals surface area (Å²) >= 11 is 13.2. The van der Waals surface area contributed by atoms with E-state index in [-0.39, 0.29) is 11.5 Å². The van der Waals surface area contributed by atoms with Crippen molar-refractivity contribution in [2.45, 2.75) is 47.0 Å². The molecule has 1 amide bonds. The molecule has 46 heavy (non-hydrogen) atoms. The van der Waals surface area contributed by atoms with Gasteiger partial charge in [-0.1, -0.05) is 29.3 Å². The van der Waals surface area contributed by atoms with Gasteiger partial charge in [0, 0.05) is 68.7 Å². The van der Waals surface area contributed by atoms with Crippen LogP contribution in [0, 0.1) is 27.7 Å². The minimum atomic E-state index is -1.07. The number of fused-ring (bicyclic) bond motifs is 2. The van der Waals surface area contributed by atoms with Crippen LogP contribution in [0.5, 0.6) is 5.75 Å². The monoisotopic (exact) mass is 656 g/mol. The topological polar surface area (TPSA) is 109 Å². The number of ether oxygens (including phenoxy) is 1. The lowest BCUT2D eigenvalue weighted by Crippen LogP contribution is -2.16. The van der Waals surface area contributed by atoms with Crippen molar-refractivity contribution in [2.24, 2.45) is 7.05 Å². The fourth-order valence-corrected chi connectivity index (χ4v) is 6.87. The second-order valence-corrected chi connectivity index (χ2v) is 12.6. The van der Waals surface area contributed by atoms with Gasteiger partial charge in [-0.25, -0.2) is 4.79 Å². The van der Waals surface area contributed by atoms with Crippen LogP contribution in [-0.2, 0) is 18.3 Å². The summed E-state index contributed by atoms with van der Waals surface area (Å²) in [6.45, 7) is 8.32. The molecule has 3 N–H and O–H groups in total. The average molecular weight is 658 g/mol. The highest BCUT2D eigenvalue weighted by atomic mass is 35.5. The third-order valence-corrected chi connectivity index (χ3v) is 9.66. The first-order valence-electron chi connectivity index (χ1n) is 15.0. The highest BCUT2D eigenvalue weighted by Crippen LogP contribution is 2.45. The van der Waals surface area contributed by atoms with E-state index in [2.05, 4.69) is 15.4 Å². The second kappa shape index (κ2) is 12.3. The molecular weight excluding hydrogens is 623 g/mol. The van der Waals surface area contributed by atoms with E-state index in [0.29, 0.717) is 53.1 Å². The van der Waals surface area contributed by atoms with Crippen LogP contribution >= 0.6 is 23.2 Å². The Morgan fingerprint density at radius 1 is 1.04 bits per heavy atom. The van der Waals surface area contributed by atoms with E-state index in [0.717, 1.165) is 61.1 Å². The fraction of sp³-hybridized carbons (Fsp3) is 0.250. The number of halogens is 2. The number of carboxylic acid groups (broad SMARTS) is 1. The minimum absolute atomic E-state index is 0.111. The number of carbonyl (C=O) groups is 2. The molecule has 0 radical (unpaired) electrons. The maximum absolute atomic E-state index is 14.1. The summed E-state index contributed by atoms with van der Waals surface area (Å²) < 4.78 is 7.94. The van der Waals surface area contributed by atoms with Crippen LogP contribution in [0.1, 0.15) is 56.8 Å². The van der Waals surface area contributed by atoms with Crippen LogP contribution in [0.2, 0.25) is 10.0 Å². The fourth-order valence-electron chi connectivity index (χ4n) is 6.49. The van der Waals surface area contributed by atoms with Gasteiger partial charge in [0.2, 0.25) is 0 Å². The van der Waals surface area contributed by atoms with Crippen LogP contribution in [-0.4, -0.2) is 38.4 Å². The lowest BCUT2D eigenvalue weighted by atomic mass is 9.93.